The van der Waals surface area contributed by atoms with Crippen molar-refractivity contribution in [2.24, 2.45) is 0 Å². The van der Waals surface area contributed by atoms with Crippen molar-refractivity contribution in [2.75, 3.05) is 57.3 Å². The fraction of sp³-hybridized carbons (Fsp3) is 0.682. The summed E-state index contributed by atoms with van der Waals surface area (Å²) in [6.45, 7) is 18.3. The summed E-state index contributed by atoms with van der Waals surface area (Å²) in [7, 11) is 0. The predicted octanol–water partition coefficient (Wildman–Crippen LogP) is 3.05. The molecular formula is C22H36N4O2S. The molecule has 29 heavy (non-hydrogen) atoms. The van der Waals surface area contributed by atoms with Gasteiger partial charge in [-0.3, -0.25) is 4.90 Å². The Morgan fingerprint density at radius 2 is 1.69 bits per heavy atom. The van der Waals surface area contributed by atoms with E-state index in [1.165, 1.54) is 22.4 Å². The summed E-state index contributed by atoms with van der Waals surface area (Å²) >= 11 is 4.84. The molecule has 1 N–H and O–H groups in total. The van der Waals surface area contributed by atoms with Gasteiger partial charge in [0.05, 0.1) is 0 Å². The Hall–Kier alpha value is -1.44. The zero-order valence-corrected chi connectivity index (χ0v) is 19.4. The van der Waals surface area contributed by atoms with Crippen molar-refractivity contribution in [2.45, 2.75) is 51.7 Å². The van der Waals surface area contributed by atoms with Crippen molar-refractivity contribution in [3.8, 4) is 0 Å². The normalized spacial score (nSPS) is 18.8. The number of nitrogens with one attached hydrogen (secondary N) is 1. The van der Waals surface area contributed by atoms with Gasteiger partial charge in [-0.25, -0.2) is 4.79 Å². The Balaban J connectivity index is 1.71. The standard InChI is InChI=1S/C22H36N4O2S/c1-16-18(15-24-8-6-23-7-9-24)14-19(17(2)20(16)29)25-10-12-26(13-11-25)21(27)28-22(3,4)5/h14,23,29H,6-13,15H2,1-5H3. The smallest absolute Gasteiger partial charge is 0.410 e. The van der Waals surface area contributed by atoms with E-state index in [9.17, 15) is 4.79 Å². The topological polar surface area (TPSA) is 48.0 Å². The average Bonchev–Trinajstić information content (AvgIpc) is 2.68. The third kappa shape index (κ3) is 5.58. The van der Waals surface area contributed by atoms with E-state index < -0.39 is 5.60 Å². The Bertz CT molecular complexity index is 733. The fourth-order valence-corrected chi connectivity index (χ4v) is 4.25. The predicted molar refractivity (Wildman–Crippen MR) is 121 cm³/mol. The average molecular weight is 421 g/mol. The SMILES string of the molecule is Cc1c(CN2CCNCC2)cc(N2CCN(C(=O)OC(C)(C)C)CC2)c(C)c1S. The summed E-state index contributed by atoms with van der Waals surface area (Å²) in [6.07, 6.45) is -0.216. The zero-order valence-electron chi connectivity index (χ0n) is 18.5. The van der Waals surface area contributed by atoms with Gasteiger partial charge >= 0.3 is 6.09 Å². The molecule has 1 aromatic rings. The molecule has 0 aliphatic carbocycles. The summed E-state index contributed by atoms with van der Waals surface area (Å²) in [5.74, 6) is 0. The highest BCUT2D eigenvalue weighted by Crippen LogP contribution is 2.33. The van der Waals surface area contributed by atoms with Crippen LogP contribution in [0, 0.1) is 13.8 Å². The zero-order chi connectivity index (χ0) is 21.2. The number of thiol groups is 1. The maximum absolute atomic E-state index is 12.4. The molecule has 2 aliphatic rings. The van der Waals surface area contributed by atoms with E-state index in [1.807, 2.05) is 25.7 Å². The summed E-state index contributed by atoms with van der Waals surface area (Å²) in [6, 6.07) is 2.34. The van der Waals surface area contributed by atoms with Crippen molar-refractivity contribution < 1.29 is 9.53 Å². The third-order valence-electron chi connectivity index (χ3n) is 5.76. The van der Waals surface area contributed by atoms with Crippen molar-refractivity contribution in [3.63, 3.8) is 0 Å². The lowest BCUT2D eigenvalue weighted by Gasteiger charge is -2.38. The number of piperazine rings is 2. The van der Waals surface area contributed by atoms with E-state index in [2.05, 4.69) is 35.0 Å². The maximum atomic E-state index is 12.4. The largest absolute Gasteiger partial charge is 0.444 e. The summed E-state index contributed by atoms with van der Waals surface area (Å²) in [5, 5.41) is 3.42. The molecular weight excluding hydrogens is 384 g/mol. The minimum absolute atomic E-state index is 0.216. The molecule has 0 atom stereocenters. The second-order valence-electron chi connectivity index (χ2n) is 9.13. The van der Waals surface area contributed by atoms with Crippen LogP contribution in [0.1, 0.15) is 37.5 Å². The van der Waals surface area contributed by atoms with Gasteiger partial charge in [0.2, 0.25) is 0 Å². The van der Waals surface area contributed by atoms with Gasteiger partial charge in [0.25, 0.3) is 0 Å². The summed E-state index contributed by atoms with van der Waals surface area (Å²) in [5.41, 5.74) is 4.64. The van der Waals surface area contributed by atoms with Gasteiger partial charge in [0.15, 0.2) is 0 Å². The first kappa shape index (κ1) is 22.2. The number of carbonyl (C=O) groups excluding carboxylic acids is 1. The van der Waals surface area contributed by atoms with Crippen LogP contribution in [-0.2, 0) is 11.3 Å². The van der Waals surface area contributed by atoms with Crippen LogP contribution in [0.5, 0.6) is 0 Å². The number of benzene rings is 1. The van der Waals surface area contributed by atoms with Gasteiger partial charge in [-0.05, 0) is 57.4 Å². The maximum Gasteiger partial charge on any atom is 0.410 e. The number of rotatable bonds is 3. The van der Waals surface area contributed by atoms with E-state index >= 15 is 0 Å². The molecule has 2 heterocycles. The number of amides is 1. The molecule has 6 nitrogen and oxygen atoms in total. The Morgan fingerprint density at radius 3 is 2.28 bits per heavy atom. The summed E-state index contributed by atoms with van der Waals surface area (Å²) < 4.78 is 5.53. The monoisotopic (exact) mass is 420 g/mol. The van der Waals surface area contributed by atoms with Crippen LogP contribution in [0.15, 0.2) is 11.0 Å². The van der Waals surface area contributed by atoms with E-state index in [0.29, 0.717) is 13.1 Å². The number of hydrogen-bond acceptors (Lipinski definition) is 6. The quantitative estimate of drug-likeness (QED) is 0.736. The van der Waals surface area contributed by atoms with E-state index in [0.717, 1.165) is 50.7 Å². The van der Waals surface area contributed by atoms with Crippen LogP contribution in [0.2, 0.25) is 0 Å². The van der Waals surface area contributed by atoms with Crippen LogP contribution in [0.3, 0.4) is 0 Å². The lowest BCUT2D eigenvalue weighted by Crippen LogP contribution is -2.50. The summed E-state index contributed by atoms with van der Waals surface area (Å²) in [4.78, 5) is 20.2. The lowest BCUT2D eigenvalue weighted by molar-refractivity contribution is 0.0240. The Kier molecular flexibility index (Phi) is 7.02. The van der Waals surface area contributed by atoms with Crippen LogP contribution in [0.25, 0.3) is 0 Å². The van der Waals surface area contributed by atoms with Gasteiger partial charge in [-0.1, -0.05) is 0 Å². The van der Waals surface area contributed by atoms with E-state index in [-0.39, 0.29) is 6.09 Å². The van der Waals surface area contributed by atoms with E-state index in [1.54, 1.807) is 0 Å². The minimum Gasteiger partial charge on any atom is -0.444 e. The van der Waals surface area contributed by atoms with Crippen molar-refractivity contribution in [1.82, 2.24) is 15.1 Å². The molecule has 0 saturated carbocycles. The lowest BCUT2D eigenvalue weighted by atomic mass is 10.0. The van der Waals surface area contributed by atoms with Gasteiger partial charge in [-0.2, -0.15) is 0 Å². The molecule has 162 valence electrons. The molecule has 2 fully saturated rings. The fourth-order valence-electron chi connectivity index (χ4n) is 4.00. The molecule has 2 aliphatic heterocycles. The van der Waals surface area contributed by atoms with Crippen molar-refractivity contribution >= 4 is 24.4 Å². The third-order valence-corrected chi connectivity index (χ3v) is 6.43. The Morgan fingerprint density at radius 1 is 1.07 bits per heavy atom. The number of hydrogen-bond donors (Lipinski definition) is 2. The first-order chi connectivity index (χ1) is 13.7. The molecule has 0 bridgehead atoms. The Labute approximate surface area is 181 Å². The first-order valence-corrected chi connectivity index (χ1v) is 11.1. The van der Waals surface area contributed by atoms with E-state index in [4.69, 9.17) is 17.4 Å². The van der Waals surface area contributed by atoms with Crippen molar-refractivity contribution in [1.29, 1.82) is 0 Å². The minimum atomic E-state index is -0.457. The molecule has 0 spiro atoms. The van der Waals surface area contributed by atoms with Crippen LogP contribution >= 0.6 is 12.6 Å². The van der Waals surface area contributed by atoms with Crippen LogP contribution in [0.4, 0.5) is 10.5 Å². The number of nitrogens with zero attached hydrogens (tertiary/aromatic N) is 3. The molecule has 0 aromatic heterocycles. The molecule has 0 radical (unpaired) electrons. The highest BCUT2D eigenvalue weighted by atomic mass is 32.1. The van der Waals surface area contributed by atoms with Gasteiger partial charge in [-0.15, -0.1) is 12.6 Å². The molecule has 2 saturated heterocycles. The second-order valence-corrected chi connectivity index (χ2v) is 9.58. The number of anilines is 1. The van der Waals surface area contributed by atoms with Crippen molar-refractivity contribution in [3.05, 3.63) is 22.8 Å². The highest BCUT2D eigenvalue weighted by Gasteiger charge is 2.27. The molecule has 1 aromatic carbocycles. The molecule has 3 rings (SSSR count). The van der Waals surface area contributed by atoms with Gasteiger partial charge in [0, 0.05) is 69.5 Å². The molecule has 1 amide bonds. The molecule has 0 unspecified atom stereocenters. The molecule has 7 heteroatoms. The first-order valence-electron chi connectivity index (χ1n) is 10.6. The van der Waals surface area contributed by atoms with Gasteiger partial charge < -0.3 is 19.9 Å². The van der Waals surface area contributed by atoms with Crippen LogP contribution in [-0.4, -0.2) is 73.9 Å². The van der Waals surface area contributed by atoms with Crippen LogP contribution < -0.4 is 10.2 Å². The number of ether oxygens (including phenoxy) is 1. The number of carbonyl (C=O) groups is 1. The second kappa shape index (κ2) is 9.14. The highest BCUT2D eigenvalue weighted by molar-refractivity contribution is 7.80. The van der Waals surface area contributed by atoms with Gasteiger partial charge in [0.1, 0.15) is 5.60 Å².